The lowest BCUT2D eigenvalue weighted by Gasteiger charge is -2.38. The summed E-state index contributed by atoms with van der Waals surface area (Å²) < 4.78 is 16.4. The molecule has 168 valence electrons. The van der Waals surface area contributed by atoms with Gasteiger partial charge < -0.3 is 24.8 Å². The van der Waals surface area contributed by atoms with Crippen LogP contribution in [-0.2, 0) is 16.7 Å². The van der Waals surface area contributed by atoms with Crippen LogP contribution in [0.3, 0.4) is 0 Å². The highest BCUT2D eigenvalue weighted by Crippen LogP contribution is 2.38. The third kappa shape index (κ3) is 5.83. The fraction of sp³-hybridized carbons (Fsp3) is 0.458. The van der Waals surface area contributed by atoms with Gasteiger partial charge in [-0.15, -0.1) is 0 Å². The molecule has 31 heavy (non-hydrogen) atoms. The molecule has 1 aliphatic rings. The molecule has 1 heterocycles. The summed E-state index contributed by atoms with van der Waals surface area (Å²) >= 11 is 6.58. The zero-order valence-corrected chi connectivity index (χ0v) is 19.3. The molecule has 2 aromatic carbocycles. The van der Waals surface area contributed by atoms with E-state index in [-0.39, 0.29) is 5.41 Å². The summed E-state index contributed by atoms with van der Waals surface area (Å²) in [6, 6.07) is 14.0. The van der Waals surface area contributed by atoms with E-state index in [1.54, 1.807) is 14.2 Å². The van der Waals surface area contributed by atoms with E-state index < -0.39 is 0 Å². The largest absolute Gasteiger partial charge is 0.493 e. The number of ether oxygens (including phenoxy) is 3. The number of hydrogen-bond acceptors (Lipinski definition) is 4. The molecule has 0 saturated carbocycles. The van der Waals surface area contributed by atoms with Crippen LogP contribution in [0.2, 0.25) is 5.02 Å². The lowest BCUT2D eigenvalue weighted by molar-refractivity contribution is 0.0514. The Hall–Kier alpha value is -2.44. The summed E-state index contributed by atoms with van der Waals surface area (Å²) in [6.07, 6.45) is 1.83. The molecule has 1 aliphatic heterocycles. The van der Waals surface area contributed by atoms with Crippen LogP contribution in [0.25, 0.3) is 0 Å². The number of aliphatic imine (C=N–C) groups is 1. The summed E-state index contributed by atoms with van der Waals surface area (Å²) in [5.74, 6) is 2.18. The monoisotopic (exact) mass is 445 g/mol. The highest BCUT2D eigenvalue weighted by Gasteiger charge is 2.36. The van der Waals surface area contributed by atoms with Gasteiger partial charge in [0.1, 0.15) is 0 Å². The van der Waals surface area contributed by atoms with Gasteiger partial charge in [-0.05, 0) is 49.1 Å². The third-order valence-electron chi connectivity index (χ3n) is 5.70. The second-order valence-electron chi connectivity index (χ2n) is 7.61. The van der Waals surface area contributed by atoms with E-state index in [0.29, 0.717) is 18.0 Å². The van der Waals surface area contributed by atoms with Crippen molar-refractivity contribution < 1.29 is 14.2 Å². The van der Waals surface area contributed by atoms with Crippen LogP contribution in [0.1, 0.15) is 30.9 Å². The van der Waals surface area contributed by atoms with Gasteiger partial charge in [0.15, 0.2) is 17.5 Å². The molecule has 2 aromatic rings. The van der Waals surface area contributed by atoms with Crippen molar-refractivity contribution in [2.45, 2.75) is 31.7 Å². The first-order valence-electron chi connectivity index (χ1n) is 10.7. The molecule has 2 N–H and O–H groups in total. The molecule has 0 aliphatic carbocycles. The maximum absolute atomic E-state index is 6.58. The second kappa shape index (κ2) is 11.3. The first kappa shape index (κ1) is 23.2. The molecular formula is C24H32ClN3O3. The fourth-order valence-electron chi connectivity index (χ4n) is 3.94. The SMILES string of the molecule is CCNC(=NCc1ccc(OC)c(OC)c1)NCC1(c2ccccc2Cl)CCOCC1. The average molecular weight is 446 g/mol. The Morgan fingerprint density at radius 2 is 1.81 bits per heavy atom. The van der Waals surface area contributed by atoms with Crippen molar-refractivity contribution >= 4 is 17.6 Å². The molecular weight excluding hydrogens is 414 g/mol. The number of rotatable bonds is 8. The van der Waals surface area contributed by atoms with E-state index >= 15 is 0 Å². The van der Waals surface area contributed by atoms with Gasteiger partial charge in [-0.3, -0.25) is 0 Å². The standard InChI is InChI=1S/C24H32ClN3O3/c1-4-26-23(27-16-18-9-10-21(29-2)22(15-18)30-3)28-17-24(11-13-31-14-12-24)19-7-5-6-8-20(19)25/h5-10,15H,4,11-14,16-17H2,1-3H3,(H2,26,27,28). The zero-order valence-electron chi connectivity index (χ0n) is 18.5. The maximum atomic E-state index is 6.58. The molecule has 7 heteroatoms. The Balaban J connectivity index is 1.76. The number of methoxy groups -OCH3 is 2. The second-order valence-corrected chi connectivity index (χ2v) is 8.02. The summed E-state index contributed by atoms with van der Waals surface area (Å²) in [5.41, 5.74) is 2.13. The van der Waals surface area contributed by atoms with Crippen molar-refractivity contribution in [3.63, 3.8) is 0 Å². The van der Waals surface area contributed by atoms with E-state index in [9.17, 15) is 0 Å². The minimum absolute atomic E-state index is 0.0872. The number of halogens is 1. The molecule has 0 unspecified atom stereocenters. The van der Waals surface area contributed by atoms with Gasteiger partial charge in [0.05, 0.1) is 20.8 Å². The van der Waals surface area contributed by atoms with E-state index in [0.717, 1.165) is 55.7 Å². The first-order valence-corrected chi connectivity index (χ1v) is 11.1. The first-order chi connectivity index (χ1) is 15.1. The normalized spacial score (nSPS) is 15.9. The van der Waals surface area contributed by atoms with Gasteiger partial charge in [-0.2, -0.15) is 0 Å². The van der Waals surface area contributed by atoms with Crippen LogP contribution in [0.5, 0.6) is 11.5 Å². The molecule has 6 nitrogen and oxygen atoms in total. The Morgan fingerprint density at radius 1 is 1.06 bits per heavy atom. The van der Waals surface area contributed by atoms with Crippen molar-refractivity contribution in [3.8, 4) is 11.5 Å². The molecule has 0 atom stereocenters. The van der Waals surface area contributed by atoms with Gasteiger partial charge >= 0.3 is 0 Å². The van der Waals surface area contributed by atoms with Crippen LogP contribution in [0, 0.1) is 0 Å². The highest BCUT2D eigenvalue weighted by atomic mass is 35.5. The zero-order chi connectivity index (χ0) is 22.1. The van der Waals surface area contributed by atoms with Crippen LogP contribution >= 0.6 is 11.6 Å². The topological polar surface area (TPSA) is 64.1 Å². The lowest BCUT2D eigenvalue weighted by Crippen LogP contribution is -2.48. The molecule has 0 spiro atoms. The minimum atomic E-state index is -0.0872. The molecule has 3 rings (SSSR count). The molecule has 0 bridgehead atoms. The molecule has 0 aromatic heterocycles. The van der Waals surface area contributed by atoms with Gasteiger partial charge in [-0.1, -0.05) is 35.9 Å². The molecule has 0 radical (unpaired) electrons. The van der Waals surface area contributed by atoms with Crippen molar-refractivity contribution in [1.82, 2.24) is 10.6 Å². The Labute approximate surface area is 190 Å². The van der Waals surface area contributed by atoms with Crippen molar-refractivity contribution in [3.05, 3.63) is 58.6 Å². The Kier molecular flexibility index (Phi) is 8.43. The Bertz CT molecular complexity index is 882. The van der Waals surface area contributed by atoms with Gasteiger partial charge in [0.2, 0.25) is 0 Å². The van der Waals surface area contributed by atoms with E-state index in [1.165, 1.54) is 5.56 Å². The van der Waals surface area contributed by atoms with Crippen LogP contribution in [0.15, 0.2) is 47.5 Å². The maximum Gasteiger partial charge on any atom is 0.191 e. The summed E-state index contributed by atoms with van der Waals surface area (Å²) in [7, 11) is 3.27. The fourth-order valence-corrected chi connectivity index (χ4v) is 4.27. The smallest absolute Gasteiger partial charge is 0.191 e. The van der Waals surface area contributed by atoms with Gasteiger partial charge in [-0.25, -0.2) is 4.99 Å². The number of nitrogens with one attached hydrogen (secondary N) is 2. The summed E-state index contributed by atoms with van der Waals surface area (Å²) in [4.78, 5) is 4.78. The summed E-state index contributed by atoms with van der Waals surface area (Å²) in [6.45, 7) is 5.56. The van der Waals surface area contributed by atoms with E-state index in [4.69, 9.17) is 30.8 Å². The predicted octanol–water partition coefficient (Wildman–Crippen LogP) is 4.16. The Morgan fingerprint density at radius 3 is 2.48 bits per heavy atom. The minimum Gasteiger partial charge on any atom is -0.493 e. The van der Waals surface area contributed by atoms with Crippen molar-refractivity contribution in [2.75, 3.05) is 40.5 Å². The van der Waals surface area contributed by atoms with Crippen LogP contribution in [-0.4, -0.2) is 46.5 Å². The van der Waals surface area contributed by atoms with Crippen molar-refractivity contribution in [2.24, 2.45) is 4.99 Å². The molecule has 0 amide bonds. The van der Waals surface area contributed by atoms with E-state index in [1.807, 2.05) is 30.3 Å². The summed E-state index contributed by atoms with van der Waals surface area (Å²) in [5, 5.41) is 7.70. The highest BCUT2D eigenvalue weighted by molar-refractivity contribution is 6.31. The third-order valence-corrected chi connectivity index (χ3v) is 6.03. The van der Waals surface area contributed by atoms with Gasteiger partial charge in [0, 0.05) is 36.7 Å². The molecule has 1 saturated heterocycles. The number of guanidine groups is 1. The van der Waals surface area contributed by atoms with Gasteiger partial charge in [0.25, 0.3) is 0 Å². The van der Waals surface area contributed by atoms with Crippen LogP contribution < -0.4 is 20.1 Å². The van der Waals surface area contributed by atoms with Crippen LogP contribution in [0.4, 0.5) is 0 Å². The number of benzene rings is 2. The molecule has 1 fully saturated rings. The number of nitrogens with zero attached hydrogens (tertiary/aromatic N) is 1. The quantitative estimate of drug-likeness (QED) is 0.472. The van der Waals surface area contributed by atoms with E-state index in [2.05, 4.69) is 29.7 Å². The number of hydrogen-bond donors (Lipinski definition) is 2. The predicted molar refractivity (Wildman–Crippen MR) is 126 cm³/mol. The lowest BCUT2D eigenvalue weighted by atomic mass is 9.74. The average Bonchev–Trinajstić information content (AvgIpc) is 2.81. The van der Waals surface area contributed by atoms with Crippen molar-refractivity contribution in [1.29, 1.82) is 0 Å².